The van der Waals surface area contributed by atoms with Gasteiger partial charge in [0.25, 0.3) is 0 Å². The van der Waals surface area contributed by atoms with Crippen LogP contribution in [-0.2, 0) is 26.6 Å². The molecule has 138 valence electrons. The van der Waals surface area contributed by atoms with E-state index in [1.165, 1.54) is 0 Å². The number of aromatic nitrogens is 3. The van der Waals surface area contributed by atoms with Crippen LogP contribution in [-0.4, -0.2) is 83.3 Å². The highest BCUT2D eigenvalue weighted by molar-refractivity contribution is 6.83. The average molecular weight is 394 g/mol. The molecule has 12 heteroatoms. The molecule has 0 bridgehead atoms. The van der Waals surface area contributed by atoms with Crippen LogP contribution >= 0.6 is 0 Å². The highest BCUT2D eigenvalue weighted by Crippen LogP contribution is 2.06. The van der Waals surface area contributed by atoms with Gasteiger partial charge in [0.2, 0.25) is 0 Å². The third kappa shape index (κ3) is 3.97. The molecule has 0 fully saturated rings. The Hall–Kier alpha value is -0.579. The quantitative estimate of drug-likeness (QED) is 0.469. The second-order valence-electron chi connectivity index (χ2n) is 5.37. The third-order valence-corrected chi connectivity index (χ3v) is 12.0. The Labute approximate surface area is 146 Å². The van der Waals surface area contributed by atoms with Crippen molar-refractivity contribution < 1.29 is 26.6 Å². The first-order chi connectivity index (χ1) is 11.2. The maximum absolute atomic E-state index is 5.57. The topological polar surface area (TPSA) is 94.1 Å². The van der Waals surface area contributed by atoms with Gasteiger partial charge in [0.15, 0.2) is 16.3 Å². The maximum Gasteiger partial charge on any atom is 0.408 e. The van der Waals surface area contributed by atoms with Crippen LogP contribution in [0.25, 0.3) is 0 Å². The van der Waals surface area contributed by atoms with Crippen molar-refractivity contribution >= 4 is 42.0 Å². The van der Waals surface area contributed by atoms with E-state index in [2.05, 4.69) is 15.0 Å². The van der Waals surface area contributed by atoms with Gasteiger partial charge in [-0.1, -0.05) is 0 Å². The predicted octanol–water partition coefficient (Wildman–Crippen LogP) is -1.41. The minimum absolute atomic E-state index is 0.438. The Bertz CT molecular complexity index is 464. The molecule has 0 radical (unpaired) electrons. The molecule has 1 heterocycles. The average Bonchev–Trinajstić information content (AvgIpc) is 2.65. The van der Waals surface area contributed by atoms with E-state index in [0.717, 1.165) is 0 Å². The zero-order valence-corrected chi connectivity index (χ0v) is 18.8. The van der Waals surface area contributed by atoms with Gasteiger partial charge in [-0.05, 0) is 19.6 Å². The molecule has 1 rings (SSSR count). The molecule has 24 heavy (non-hydrogen) atoms. The minimum atomic E-state index is -2.78. The Balaban J connectivity index is 3.69. The minimum Gasteiger partial charge on any atom is -0.393 e. The fourth-order valence-corrected chi connectivity index (χ4v) is 5.57. The maximum atomic E-state index is 5.57. The van der Waals surface area contributed by atoms with E-state index in [1.54, 1.807) is 42.7 Å². The first-order valence-corrected chi connectivity index (χ1v) is 14.2. The Morgan fingerprint density at radius 1 is 0.458 bits per heavy atom. The predicted molar refractivity (Wildman–Crippen MR) is 95.6 cm³/mol. The van der Waals surface area contributed by atoms with E-state index in [9.17, 15) is 0 Å². The van der Waals surface area contributed by atoms with Crippen molar-refractivity contribution in [3.8, 4) is 0 Å². The molecule has 0 aliphatic heterocycles. The lowest BCUT2D eigenvalue weighted by Gasteiger charge is -2.28. The number of hydrogen-bond donors (Lipinski definition) is 0. The van der Waals surface area contributed by atoms with E-state index < -0.39 is 25.7 Å². The molecule has 0 aliphatic carbocycles. The van der Waals surface area contributed by atoms with E-state index >= 15 is 0 Å². The van der Waals surface area contributed by atoms with Gasteiger partial charge in [-0.25, -0.2) is 15.0 Å². The number of rotatable bonds is 9. The molecule has 0 amide bonds. The van der Waals surface area contributed by atoms with Crippen LogP contribution in [0.4, 0.5) is 0 Å². The van der Waals surface area contributed by atoms with Gasteiger partial charge in [-0.3, -0.25) is 0 Å². The number of nitrogens with zero attached hydrogens (tertiary/aromatic N) is 3. The summed E-state index contributed by atoms with van der Waals surface area (Å²) in [5.74, 6) is 0. The molecule has 0 atom stereocenters. The summed E-state index contributed by atoms with van der Waals surface area (Å²) in [4.78, 5) is 13.7. The summed E-state index contributed by atoms with van der Waals surface area (Å²) < 4.78 is 33.4. The molecule has 9 nitrogen and oxygen atoms in total. The van der Waals surface area contributed by atoms with Crippen LogP contribution in [0, 0.1) is 0 Å². The van der Waals surface area contributed by atoms with Gasteiger partial charge >= 0.3 is 25.7 Å². The van der Waals surface area contributed by atoms with Gasteiger partial charge in [0.1, 0.15) is 0 Å². The molecular formula is C12H27N3O6Si3. The smallest absolute Gasteiger partial charge is 0.393 e. The van der Waals surface area contributed by atoms with Crippen LogP contribution in [0.2, 0.25) is 19.6 Å². The van der Waals surface area contributed by atoms with Crippen molar-refractivity contribution in [2.75, 3.05) is 42.7 Å². The molecule has 0 saturated heterocycles. The van der Waals surface area contributed by atoms with Crippen LogP contribution in [0.5, 0.6) is 0 Å². The summed E-state index contributed by atoms with van der Waals surface area (Å²) in [6, 6.07) is 0. The van der Waals surface area contributed by atoms with Crippen molar-refractivity contribution in [2.24, 2.45) is 0 Å². The standard InChI is InChI=1S/C12H27N3O6Si3/c1-16-22(7,17-2)10-13-11(23(8,18-3)19-4)15-12(14-10)24(9,20-5)21-6/h1-9H3. The molecule has 0 spiro atoms. The first-order valence-electron chi connectivity index (χ1n) is 7.27. The van der Waals surface area contributed by atoms with Gasteiger partial charge in [0, 0.05) is 42.7 Å². The monoisotopic (exact) mass is 393 g/mol. The van der Waals surface area contributed by atoms with E-state index in [-0.39, 0.29) is 0 Å². The lowest BCUT2D eigenvalue weighted by atomic mass is 11.0. The molecule has 1 aromatic rings. The molecule has 0 saturated carbocycles. The summed E-state index contributed by atoms with van der Waals surface area (Å²) in [6.45, 7) is 5.56. The van der Waals surface area contributed by atoms with Gasteiger partial charge in [0.05, 0.1) is 0 Å². The third-order valence-electron chi connectivity index (χ3n) is 4.19. The van der Waals surface area contributed by atoms with Crippen molar-refractivity contribution in [2.45, 2.75) is 19.6 Å². The van der Waals surface area contributed by atoms with Gasteiger partial charge < -0.3 is 26.6 Å². The molecule has 0 aliphatic rings. The van der Waals surface area contributed by atoms with Crippen molar-refractivity contribution in [1.29, 1.82) is 0 Å². The van der Waals surface area contributed by atoms with Crippen LogP contribution < -0.4 is 16.3 Å². The Morgan fingerprint density at radius 2 is 0.625 bits per heavy atom. The summed E-state index contributed by atoms with van der Waals surface area (Å²) >= 11 is 0. The zero-order chi connectivity index (χ0) is 18.6. The summed E-state index contributed by atoms with van der Waals surface area (Å²) in [7, 11) is 1.09. The zero-order valence-electron chi connectivity index (χ0n) is 15.8. The highest BCUT2D eigenvalue weighted by Gasteiger charge is 2.45. The Kier molecular flexibility index (Phi) is 7.33. The van der Waals surface area contributed by atoms with E-state index in [4.69, 9.17) is 26.6 Å². The summed E-state index contributed by atoms with van der Waals surface area (Å²) in [6.07, 6.45) is 0. The fourth-order valence-electron chi connectivity index (χ4n) is 1.78. The van der Waals surface area contributed by atoms with Crippen molar-refractivity contribution in [1.82, 2.24) is 15.0 Å². The molecular weight excluding hydrogens is 366 g/mol. The lowest BCUT2D eigenvalue weighted by Crippen LogP contribution is -2.66. The molecule has 0 aromatic carbocycles. The van der Waals surface area contributed by atoms with E-state index in [1.807, 2.05) is 19.6 Å². The SMILES string of the molecule is CO[Si](C)(OC)c1nc([Si](C)(OC)OC)nc([Si](C)(OC)OC)n1. The molecule has 0 unspecified atom stereocenters. The first kappa shape index (κ1) is 21.5. The molecule has 1 aromatic heterocycles. The highest BCUT2D eigenvalue weighted by atomic mass is 28.4. The normalized spacial score (nSPS) is 13.4. The van der Waals surface area contributed by atoms with E-state index in [0.29, 0.717) is 16.3 Å². The van der Waals surface area contributed by atoms with Crippen LogP contribution in [0.3, 0.4) is 0 Å². The van der Waals surface area contributed by atoms with Crippen LogP contribution in [0.1, 0.15) is 0 Å². The second-order valence-corrected chi connectivity index (χ2v) is 14.8. The lowest BCUT2D eigenvalue weighted by molar-refractivity contribution is 0.258. The van der Waals surface area contributed by atoms with Crippen molar-refractivity contribution in [3.63, 3.8) is 0 Å². The number of hydrogen-bond acceptors (Lipinski definition) is 9. The van der Waals surface area contributed by atoms with Gasteiger partial charge in [-0.15, -0.1) is 0 Å². The molecule has 0 N–H and O–H groups in total. The Morgan fingerprint density at radius 3 is 0.750 bits per heavy atom. The second kappa shape index (κ2) is 8.20. The van der Waals surface area contributed by atoms with Crippen molar-refractivity contribution in [3.05, 3.63) is 0 Å². The van der Waals surface area contributed by atoms with Crippen LogP contribution in [0.15, 0.2) is 0 Å². The fraction of sp³-hybridized carbons (Fsp3) is 0.750. The summed E-state index contributed by atoms with van der Waals surface area (Å²) in [5, 5.41) is 0. The summed E-state index contributed by atoms with van der Waals surface area (Å²) in [5.41, 5.74) is 1.31. The van der Waals surface area contributed by atoms with Gasteiger partial charge in [-0.2, -0.15) is 0 Å². The largest absolute Gasteiger partial charge is 0.408 e.